The van der Waals surface area contributed by atoms with Crippen LogP contribution >= 0.6 is 15.9 Å². The molecule has 0 saturated carbocycles. The third-order valence-electron chi connectivity index (χ3n) is 1.97. The Labute approximate surface area is 91.7 Å². The van der Waals surface area contributed by atoms with Crippen molar-refractivity contribution in [1.29, 1.82) is 5.26 Å². The zero-order valence-corrected chi connectivity index (χ0v) is 9.47. The van der Waals surface area contributed by atoms with E-state index < -0.39 is 0 Å². The first-order valence-electron chi connectivity index (χ1n) is 4.24. The van der Waals surface area contributed by atoms with E-state index >= 15 is 0 Å². The van der Waals surface area contributed by atoms with E-state index in [1.54, 1.807) is 6.07 Å². The van der Waals surface area contributed by atoms with Gasteiger partial charge in [-0.3, -0.25) is 4.79 Å². The summed E-state index contributed by atoms with van der Waals surface area (Å²) in [5.41, 5.74) is 2.49. The molecule has 0 bridgehead atoms. The average Bonchev–Trinajstić information content (AvgIpc) is 2.20. The first-order valence-corrected chi connectivity index (χ1v) is 5.37. The maximum absolute atomic E-state index is 11.1. The maximum Gasteiger partial charge on any atom is 0.147 e. The Morgan fingerprint density at radius 2 is 2.29 bits per heavy atom. The summed E-state index contributed by atoms with van der Waals surface area (Å²) < 4.78 is 0. The molecule has 14 heavy (non-hydrogen) atoms. The fourth-order valence-corrected chi connectivity index (χ4v) is 1.37. The number of nitriles is 1. The number of carbonyl (C=O) groups is 1. The number of Topliss-reactive ketones (excluding diaryl/α,β-unsaturated/α-hetero) is 1. The number of aryl methyl sites for hydroxylation is 1. The monoisotopic (exact) mass is 251 g/mol. The van der Waals surface area contributed by atoms with Crippen LogP contribution in [0.3, 0.4) is 0 Å². The van der Waals surface area contributed by atoms with E-state index in [-0.39, 0.29) is 5.78 Å². The molecule has 1 aromatic carbocycles. The number of nitrogens with zero attached hydrogens (tertiary/aromatic N) is 1. The molecule has 0 atom stereocenters. The molecule has 1 aromatic rings. The highest BCUT2D eigenvalue weighted by atomic mass is 79.9. The number of rotatable bonds is 3. The standard InChI is InChI=1S/C11H10BrNO/c1-8-2-3-9(4-10(8)7-13)5-11(14)6-12/h2-4H,5-6H2,1H3. The number of benzene rings is 1. The Kier molecular flexibility index (Phi) is 3.84. The van der Waals surface area contributed by atoms with Crippen LogP contribution in [-0.4, -0.2) is 11.1 Å². The van der Waals surface area contributed by atoms with Gasteiger partial charge in [-0.1, -0.05) is 28.1 Å². The summed E-state index contributed by atoms with van der Waals surface area (Å²) in [6.45, 7) is 1.88. The Balaban J connectivity index is 2.91. The molecule has 0 saturated heterocycles. The molecule has 0 unspecified atom stereocenters. The van der Waals surface area contributed by atoms with Crippen molar-refractivity contribution in [3.63, 3.8) is 0 Å². The van der Waals surface area contributed by atoms with Gasteiger partial charge in [-0.05, 0) is 24.1 Å². The topological polar surface area (TPSA) is 40.9 Å². The third-order valence-corrected chi connectivity index (χ3v) is 2.60. The van der Waals surface area contributed by atoms with Crippen LogP contribution in [0.2, 0.25) is 0 Å². The lowest BCUT2D eigenvalue weighted by Gasteiger charge is -2.01. The predicted molar refractivity (Wildman–Crippen MR) is 58.4 cm³/mol. The molecule has 0 aliphatic rings. The van der Waals surface area contributed by atoms with Crippen LogP contribution in [0.1, 0.15) is 16.7 Å². The molecule has 72 valence electrons. The largest absolute Gasteiger partial charge is 0.298 e. The zero-order valence-electron chi connectivity index (χ0n) is 7.88. The van der Waals surface area contributed by atoms with Gasteiger partial charge < -0.3 is 0 Å². The summed E-state index contributed by atoms with van der Waals surface area (Å²) in [7, 11) is 0. The molecule has 0 N–H and O–H groups in total. The van der Waals surface area contributed by atoms with E-state index in [4.69, 9.17) is 5.26 Å². The first kappa shape index (κ1) is 10.9. The van der Waals surface area contributed by atoms with Gasteiger partial charge >= 0.3 is 0 Å². The van der Waals surface area contributed by atoms with Crippen molar-refractivity contribution in [3.8, 4) is 6.07 Å². The van der Waals surface area contributed by atoms with Crippen molar-refractivity contribution in [2.24, 2.45) is 0 Å². The molecule has 0 aliphatic heterocycles. The van der Waals surface area contributed by atoms with Crippen LogP contribution < -0.4 is 0 Å². The number of ketones is 1. The van der Waals surface area contributed by atoms with E-state index in [0.29, 0.717) is 17.3 Å². The van der Waals surface area contributed by atoms with Crippen molar-refractivity contribution in [3.05, 3.63) is 34.9 Å². The lowest BCUT2D eigenvalue weighted by molar-refractivity contribution is -0.115. The van der Waals surface area contributed by atoms with Crippen LogP contribution in [0.15, 0.2) is 18.2 Å². The molecule has 0 radical (unpaired) electrons. The van der Waals surface area contributed by atoms with Crippen molar-refractivity contribution < 1.29 is 4.79 Å². The summed E-state index contributed by atoms with van der Waals surface area (Å²) in [4.78, 5) is 11.1. The van der Waals surface area contributed by atoms with Gasteiger partial charge in [-0.2, -0.15) is 5.26 Å². The van der Waals surface area contributed by atoms with E-state index in [9.17, 15) is 4.79 Å². The number of carbonyl (C=O) groups excluding carboxylic acids is 1. The minimum atomic E-state index is 0.123. The quantitative estimate of drug-likeness (QED) is 0.775. The second-order valence-electron chi connectivity index (χ2n) is 3.11. The van der Waals surface area contributed by atoms with Gasteiger partial charge in [0.2, 0.25) is 0 Å². The van der Waals surface area contributed by atoms with Gasteiger partial charge in [-0.15, -0.1) is 0 Å². The van der Waals surface area contributed by atoms with Crippen LogP contribution in [-0.2, 0) is 11.2 Å². The lowest BCUT2D eigenvalue weighted by atomic mass is 10.0. The molecule has 0 amide bonds. The molecule has 0 aromatic heterocycles. The summed E-state index contributed by atoms with van der Waals surface area (Å²) in [5.74, 6) is 0.123. The predicted octanol–water partition coefficient (Wildman–Crippen LogP) is 2.37. The van der Waals surface area contributed by atoms with E-state index in [1.165, 1.54) is 0 Å². The van der Waals surface area contributed by atoms with Crippen LogP contribution in [0.25, 0.3) is 0 Å². The Morgan fingerprint density at radius 3 is 2.86 bits per heavy atom. The first-order chi connectivity index (χ1) is 6.67. The molecule has 0 heterocycles. The molecule has 0 fully saturated rings. The van der Waals surface area contributed by atoms with Gasteiger partial charge in [0.25, 0.3) is 0 Å². The fraction of sp³-hybridized carbons (Fsp3) is 0.273. The molecule has 3 heteroatoms. The van der Waals surface area contributed by atoms with Crippen molar-refractivity contribution in [1.82, 2.24) is 0 Å². The van der Waals surface area contributed by atoms with Crippen molar-refractivity contribution in [2.75, 3.05) is 5.33 Å². The average molecular weight is 252 g/mol. The molecular weight excluding hydrogens is 242 g/mol. The smallest absolute Gasteiger partial charge is 0.147 e. The van der Waals surface area contributed by atoms with E-state index in [1.807, 2.05) is 19.1 Å². The second-order valence-corrected chi connectivity index (χ2v) is 3.67. The minimum Gasteiger partial charge on any atom is -0.298 e. The van der Waals surface area contributed by atoms with Crippen molar-refractivity contribution in [2.45, 2.75) is 13.3 Å². The molecule has 1 rings (SSSR count). The zero-order chi connectivity index (χ0) is 10.6. The normalized spacial score (nSPS) is 9.50. The number of halogens is 1. The number of hydrogen-bond acceptors (Lipinski definition) is 2. The molecule has 0 spiro atoms. The van der Waals surface area contributed by atoms with Crippen LogP contribution in [0, 0.1) is 18.3 Å². The van der Waals surface area contributed by atoms with Gasteiger partial charge in [-0.25, -0.2) is 0 Å². The van der Waals surface area contributed by atoms with Gasteiger partial charge in [0.15, 0.2) is 0 Å². The van der Waals surface area contributed by atoms with Gasteiger partial charge in [0, 0.05) is 6.42 Å². The van der Waals surface area contributed by atoms with E-state index in [0.717, 1.165) is 11.1 Å². The van der Waals surface area contributed by atoms with Crippen LogP contribution in [0.4, 0.5) is 0 Å². The highest BCUT2D eigenvalue weighted by Crippen LogP contribution is 2.11. The van der Waals surface area contributed by atoms with Gasteiger partial charge in [0.05, 0.1) is 17.0 Å². The Morgan fingerprint density at radius 1 is 1.57 bits per heavy atom. The Hall–Kier alpha value is -1.14. The van der Waals surface area contributed by atoms with Crippen LogP contribution in [0.5, 0.6) is 0 Å². The summed E-state index contributed by atoms with van der Waals surface area (Å²) in [6.07, 6.45) is 0.389. The van der Waals surface area contributed by atoms with E-state index in [2.05, 4.69) is 22.0 Å². The lowest BCUT2D eigenvalue weighted by Crippen LogP contribution is -2.03. The maximum atomic E-state index is 11.1. The fourth-order valence-electron chi connectivity index (χ4n) is 1.17. The third kappa shape index (κ3) is 2.68. The second kappa shape index (κ2) is 4.92. The minimum absolute atomic E-state index is 0.123. The van der Waals surface area contributed by atoms with Crippen molar-refractivity contribution >= 4 is 21.7 Å². The summed E-state index contributed by atoms with van der Waals surface area (Å²) in [6, 6.07) is 7.63. The summed E-state index contributed by atoms with van der Waals surface area (Å²) >= 11 is 3.11. The highest BCUT2D eigenvalue weighted by Gasteiger charge is 2.04. The molecular formula is C11H10BrNO. The highest BCUT2D eigenvalue weighted by molar-refractivity contribution is 9.09. The summed E-state index contributed by atoms with van der Waals surface area (Å²) in [5, 5.41) is 9.15. The Bertz CT molecular complexity index is 393. The molecule has 2 nitrogen and oxygen atoms in total. The van der Waals surface area contributed by atoms with Gasteiger partial charge in [0.1, 0.15) is 5.78 Å². The number of hydrogen-bond donors (Lipinski definition) is 0. The number of alkyl halides is 1. The molecule has 0 aliphatic carbocycles. The SMILES string of the molecule is Cc1ccc(CC(=O)CBr)cc1C#N.